The Morgan fingerprint density at radius 1 is 0.667 bits per heavy atom. The molecule has 0 amide bonds. The van der Waals surface area contributed by atoms with E-state index in [9.17, 15) is 0 Å². The van der Waals surface area contributed by atoms with E-state index in [4.69, 9.17) is 0 Å². The van der Waals surface area contributed by atoms with E-state index in [1.165, 1.54) is 65.6 Å². The number of rotatable bonds is 0. The Hall–Kier alpha value is -3.32. The van der Waals surface area contributed by atoms with Crippen molar-refractivity contribution in [2.45, 2.75) is 12.8 Å². The van der Waals surface area contributed by atoms with Gasteiger partial charge in [-0.25, -0.2) is 0 Å². The highest BCUT2D eigenvalue weighted by Gasteiger charge is 2.25. The van der Waals surface area contributed by atoms with Crippen molar-refractivity contribution < 1.29 is 0 Å². The van der Waals surface area contributed by atoms with Gasteiger partial charge in [0.25, 0.3) is 0 Å². The average Bonchev–Trinajstić information content (AvgIpc) is 3.07. The molecule has 1 N–H and O–H groups in total. The van der Waals surface area contributed by atoms with Crippen LogP contribution in [0.2, 0.25) is 0 Å². The van der Waals surface area contributed by atoms with Gasteiger partial charge in [-0.3, -0.25) is 0 Å². The maximum atomic E-state index is 3.77. The summed E-state index contributed by atoms with van der Waals surface area (Å²) in [5, 5.41) is 8.21. The molecule has 4 aromatic carbocycles. The molecule has 2 aliphatic carbocycles. The monoisotopic (exact) mass is 343 g/mol. The molecule has 0 spiro atoms. The summed E-state index contributed by atoms with van der Waals surface area (Å²) < 4.78 is 0. The minimum Gasteiger partial charge on any atom is -0.354 e. The molecule has 0 radical (unpaired) electrons. The van der Waals surface area contributed by atoms with Crippen molar-refractivity contribution in [2.75, 3.05) is 0 Å². The molecular formula is C26H17N. The Morgan fingerprint density at radius 2 is 1.48 bits per heavy atom. The first kappa shape index (κ1) is 13.8. The van der Waals surface area contributed by atoms with Gasteiger partial charge < -0.3 is 4.98 Å². The van der Waals surface area contributed by atoms with Gasteiger partial charge in [0.15, 0.2) is 0 Å². The molecule has 2 aliphatic rings. The Morgan fingerprint density at radius 3 is 2.44 bits per heavy atom. The third-order valence-corrected chi connectivity index (χ3v) is 6.41. The van der Waals surface area contributed by atoms with Crippen LogP contribution in [0.3, 0.4) is 0 Å². The van der Waals surface area contributed by atoms with Gasteiger partial charge in [-0.1, -0.05) is 66.7 Å². The molecule has 1 heterocycles. The highest BCUT2D eigenvalue weighted by Crippen LogP contribution is 2.49. The summed E-state index contributed by atoms with van der Waals surface area (Å²) in [6, 6.07) is 22.4. The molecule has 0 fully saturated rings. The predicted octanol–water partition coefficient (Wildman–Crippen LogP) is 7.20. The zero-order valence-corrected chi connectivity index (χ0v) is 14.8. The minimum absolute atomic E-state index is 1.11. The molecule has 0 bridgehead atoms. The van der Waals surface area contributed by atoms with Crippen molar-refractivity contribution in [3.63, 3.8) is 0 Å². The molecule has 5 aromatic rings. The second-order valence-electron chi connectivity index (χ2n) is 7.71. The lowest BCUT2D eigenvalue weighted by Crippen LogP contribution is -1.95. The van der Waals surface area contributed by atoms with Crippen molar-refractivity contribution >= 4 is 54.5 Å². The van der Waals surface area contributed by atoms with Crippen molar-refractivity contribution in [3.05, 3.63) is 83.9 Å². The van der Waals surface area contributed by atoms with Crippen LogP contribution in [0.25, 0.3) is 54.5 Å². The van der Waals surface area contributed by atoms with Gasteiger partial charge in [-0.15, -0.1) is 0 Å². The van der Waals surface area contributed by atoms with Crippen LogP contribution in [0.5, 0.6) is 0 Å². The number of H-pyrrole nitrogens is 1. The lowest BCUT2D eigenvalue weighted by molar-refractivity contribution is 1.06. The van der Waals surface area contributed by atoms with E-state index in [0.717, 1.165) is 12.8 Å². The fourth-order valence-corrected chi connectivity index (χ4v) is 5.35. The number of hydrogen-bond acceptors (Lipinski definition) is 0. The molecule has 0 unspecified atom stereocenters. The molecule has 27 heavy (non-hydrogen) atoms. The van der Waals surface area contributed by atoms with Crippen LogP contribution in [-0.2, 0) is 0 Å². The van der Waals surface area contributed by atoms with E-state index >= 15 is 0 Å². The van der Waals surface area contributed by atoms with Crippen molar-refractivity contribution in [3.8, 4) is 0 Å². The topological polar surface area (TPSA) is 15.8 Å². The molecule has 0 saturated carbocycles. The van der Waals surface area contributed by atoms with Crippen LogP contribution >= 0.6 is 0 Å². The first-order chi connectivity index (χ1) is 13.4. The quantitative estimate of drug-likeness (QED) is 0.286. The zero-order valence-electron chi connectivity index (χ0n) is 14.8. The van der Waals surface area contributed by atoms with E-state index in [-0.39, 0.29) is 0 Å². The van der Waals surface area contributed by atoms with Gasteiger partial charge in [-0.2, -0.15) is 0 Å². The number of nitrogens with one attached hydrogen (secondary N) is 1. The first-order valence-electron chi connectivity index (χ1n) is 9.70. The second-order valence-corrected chi connectivity index (χ2v) is 7.71. The Labute approximate surface area is 156 Å². The third kappa shape index (κ3) is 1.57. The van der Waals surface area contributed by atoms with Crippen LogP contribution in [-0.4, -0.2) is 4.98 Å². The third-order valence-electron chi connectivity index (χ3n) is 6.41. The Balaban J connectivity index is 1.93. The van der Waals surface area contributed by atoms with Gasteiger partial charge >= 0.3 is 0 Å². The van der Waals surface area contributed by atoms with Crippen LogP contribution in [0.15, 0.2) is 72.8 Å². The fraction of sp³-hybridized carbons (Fsp3) is 0.0769. The lowest BCUT2D eigenvalue weighted by atomic mass is 9.87. The number of benzene rings is 4. The summed E-state index contributed by atoms with van der Waals surface area (Å²) in [4.78, 5) is 3.77. The second kappa shape index (κ2) is 4.69. The first-order valence-corrected chi connectivity index (χ1v) is 9.70. The Bertz CT molecular complexity index is 1510. The highest BCUT2D eigenvalue weighted by atomic mass is 14.7. The molecular weight excluding hydrogens is 326 g/mol. The fourth-order valence-electron chi connectivity index (χ4n) is 5.35. The van der Waals surface area contributed by atoms with Crippen molar-refractivity contribution in [1.82, 2.24) is 4.98 Å². The van der Waals surface area contributed by atoms with E-state index in [1.54, 1.807) is 0 Å². The molecule has 0 saturated heterocycles. The van der Waals surface area contributed by atoms with E-state index in [1.807, 2.05) is 0 Å². The van der Waals surface area contributed by atoms with E-state index in [2.05, 4.69) is 77.8 Å². The van der Waals surface area contributed by atoms with Gasteiger partial charge in [0, 0.05) is 27.1 Å². The standard InChI is InChI=1S/C26H17N/c1-2-8-16-15(7-1)18-11-5-12-19-17-9-3-4-10-21(17)26-25(23(18)19)24-20(16)13-6-14-22(24)27-26/h1,3-7,9-14,27H,2,8H2. The smallest absolute Gasteiger partial charge is 0.0551 e. The van der Waals surface area contributed by atoms with Gasteiger partial charge in [-0.05, 0) is 52.0 Å². The van der Waals surface area contributed by atoms with Gasteiger partial charge in [0.1, 0.15) is 0 Å². The molecule has 7 rings (SSSR count). The van der Waals surface area contributed by atoms with Gasteiger partial charge in [0.05, 0.1) is 5.52 Å². The number of allylic oxidation sites excluding steroid dienone is 4. The largest absolute Gasteiger partial charge is 0.354 e. The summed E-state index contributed by atoms with van der Waals surface area (Å²) in [6.07, 6.45) is 6.92. The molecule has 1 nitrogen and oxygen atoms in total. The molecule has 126 valence electrons. The Kier molecular flexibility index (Phi) is 2.40. The average molecular weight is 343 g/mol. The molecule has 0 atom stereocenters. The highest BCUT2D eigenvalue weighted by molar-refractivity contribution is 6.36. The zero-order chi connectivity index (χ0) is 17.5. The van der Waals surface area contributed by atoms with Crippen molar-refractivity contribution in [2.24, 2.45) is 0 Å². The predicted molar refractivity (Wildman–Crippen MR) is 116 cm³/mol. The number of fused-ring (bicyclic) bond motifs is 5. The summed E-state index contributed by atoms with van der Waals surface area (Å²) >= 11 is 0. The number of hydrogen-bond donors (Lipinski definition) is 1. The number of aromatic amines is 1. The summed E-state index contributed by atoms with van der Waals surface area (Å²) in [7, 11) is 0. The van der Waals surface area contributed by atoms with E-state index < -0.39 is 0 Å². The van der Waals surface area contributed by atoms with Gasteiger partial charge in [0.2, 0.25) is 0 Å². The number of aromatic nitrogens is 1. The van der Waals surface area contributed by atoms with Crippen LogP contribution in [0.4, 0.5) is 0 Å². The van der Waals surface area contributed by atoms with Crippen LogP contribution < -0.4 is 0 Å². The summed E-state index contributed by atoms with van der Waals surface area (Å²) in [6.45, 7) is 0. The minimum atomic E-state index is 1.11. The maximum absolute atomic E-state index is 3.77. The SMILES string of the molecule is C1=CC2=C(CC1)c1cccc3[nH]c4c5ccccc5c5cccc2c5c4c13. The summed E-state index contributed by atoms with van der Waals surface area (Å²) in [5.74, 6) is 0. The van der Waals surface area contributed by atoms with Crippen LogP contribution in [0, 0.1) is 0 Å². The van der Waals surface area contributed by atoms with Crippen molar-refractivity contribution in [1.29, 1.82) is 0 Å². The van der Waals surface area contributed by atoms with E-state index in [0.29, 0.717) is 0 Å². The molecule has 0 aliphatic heterocycles. The normalized spacial score (nSPS) is 15.6. The lowest BCUT2D eigenvalue weighted by Gasteiger charge is -2.17. The van der Waals surface area contributed by atoms with Crippen LogP contribution in [0.1, 0.15) is 24.0 Å². The maximum Gasteiger partial charge on any atom is 0.0551 e. The molecule has 1 aromatic heterocycles. The summed E-state index contributed by atoms with van der Waals surface area (Å²) in [5.41, 5.74) is 8.22. The molecule has 1 heteroatoms.